The molecule has 0 bridgehead atoms. The molecule has 1 aliphatic rings. The Labute approximate surface area is 169 Å². The van der Waals surface area contributed by atoms with Gasteiger partial charge in [-0.2, -0.15) is 0 Å². The number of nitrogens with two attached hydrogens (primary N) is 1. The Kier molecular flexibility index (Phi) is 10.4. The van der Waals surface area contributed by atoms with Crippen molar-refractivity contribution in [3.8, 4) is 0 Å². The number of anilines is 1. The first-order valence-corrected chi connectivity index (χ1v) is 9.91. The molecule has 2 rings (SSSR count). The highest BCUT2D eigenvalue weighted by atomic mass is 35.5. The van der Waals surface area contributed by atoms with Crippen LogP contribution in [-0.4, -0.2) is 36.3 Å². The minimum atomic E-state index is 0. The number of amides is 2. The van der Waals surface area contributed by atoms with Gasteiger partial charge >= 0.3 is 0 Å². The second-order valence-corrected chi connectivity index (χ2v) is 7.53. The highest BCUT2D eigenvalue weighted by Crippen LogP contribution is 2.21. The van der Waals surface area contributed by atoms with Gasteiger partial charge in [-0.1, -0.05) is 19.8 Å². The number of unbranched alkanes of at least 4 members (excludes halogenated alkanes) is 3. The molecule has 1 aliphatic heterocycles. The number of nitrogens with zero attached hydrogens (tertiary/aromatic N) is 1. The molecule has 0 aromatic heterocycles. The SMILES string of the molecule is Cc1cc(C(=O)N2CCCC(C)C2)ccc1NC(=O)CCCCCCN.Cl. The third-order valence-corrected chi connectivity index (χ3v) is 5.05. The van der Waals surface area contributed by atoms with Gasteiger partial charge in [0.1, 0.15) is 0 Å². The number of piperidine rings is 1. The van der Waals surface area contributed by atoms with Crippen LogP contribution in [0, 0.1) is 12.8 Å². The highest BCUT2D eigenvalue weighted by Gasteiger charge is 2.22. The second kappa shape index (κ2) is 12.0. The van der Waals surface area contributed by atoms with Gasteiger partial charge in [-0.15, -0.1) is 12.4 Å². The molecule has 0 radical (unpaired) electrons. The maximum Gasteiger partial charge on any atom is 0.253 e. The molecule has 2 amide bonds. The molecular weight excluding hydrogens is 362 g/mol. The summed E-state index contributed by atoms with van der Waals surface area (Å²) < 4.78 is 0. The number of benzene rings is 1. The molecule has 1 saturated heterocycles. The summed E-state index contributed by atoms with van der Waals surface area (Å²) in [5.41, 5.74) is 7.90. The summed E-state index contributed by atoms with van der Waals surface area (Å²) in [6, 6.07) is 5.56. The monoisotopic (exact) mass is 395 g/mol. The van der Waals surface area contributed by atoms with Gasteiger partial charge in [-0.05, 0) is 68.8 Å². The zero-order valence-electron chi connectivity index (χ0n) is 16.6. The number of hydrogen-bond acceptors (Lipinski definition) is 3. The molecule has 1 unspecified atom stereocenters. The summed E-state index contributed by atoms with van der Waals surface area (Å²) in [4.78, 5) is 26.7. The van der Waals surface area contributed by atoms with Crippen LogP contribution in [0.25, 0.3) is 0 Å². The van der Waals surface area contributed by atoms with Gasteiger partial charge in [0.2, 0.25) is 5.91 Å². The fraction of sp³-hybridized carbons (Fsp3) is 0.619. The van der Waals surface area contributed by atoms with Crippen LogP contribution in [0.2, 0.25) is 0 Å². The Morgan fingerprint density at radius 2 is 1.96 bits per heavy atom. The zero-order valence-corrected chi connectivity index (χ0v) is 17.4. The molecule has 1 fully saturated rings. The van der Waals surface area contributed by atoms with E-state index in [0.717, 1.165) is 56.4 Å². The van der Waals surface area contributed by atoms with Gasteiger partial charge in [0, 0.05) is 30.8 Å². The Balaban J connectivity index is 0.00000364. The molecule has 0 spiro atoms. The number of nitrogens with one attached hydrogen (secondary N) is 1. The van der Waals surface area contributed by atoms with Crippen molar-refractivity contribution in [2.24, 2.45) is 11.7 Å². The third kappa shape index (κ3) is 7.51. The number of aryl methyl sites for hydroxylation is 1. The van der Waals surface area contributed by atoms with Crippen molar-refractivity contribution >= 4 is 29.9 Å². The highest BCUT2D eigenvalue weighted by molar-refractivity contribution is 5.96. The van der Waals surface area contributed by atoms with Crippen LogP contribution in [0.15, 0.2) is 18.2 Å². The van der Waals surface area contributed by atoms with Crippen LogP contribution in [0.3, 0.4) is 0 Å². The Morgan fingerprint density at radius 3 is 2.63 bits per heavy atom. The molecule has 1 aromatic rings. The van der Waals surface area contributed by atoms with E-state index < -0.39 is 0 Å². The van der Waals surface area contributed by atoms with E-state index in [-0.39, 0.29) is 24.2 Å². The molecule has 1 atom stereocenters. The van der Waals surface area contributed by atoms with Gasteiger partial charge < -0.3 is 16.0 Å². The number of carbonyl (C=O) groups is 2. The van der Waals surface area contributed by atoms with E-state index in [1.165, 1.54) is 6.42 Å². The Hall–Kier alpha value is -1.59. The predicted molar refractivity (Wildman–Crippen MR) is 113 cm³/mol. The van der Waals surface area contributed by atoms with Gasteiger partial charge in [0.05, 0.1) is 0 Å². The van der Waals surface area contributed by atoms with Crippen molar-refractivity contribution in [1.82, 2.24) is 4.90 Å². The van der Waals surface area contributed by atoms with E-state index in [4.69, 9.17) is 5.73 Å². The summed E-state index contributed by atoms with van der Waals surface area (Å²) in [6.45, 7) is 6.52. The van der Waals surface area contributed by atoms with E-state index in [1.54, 1.807) is 0 Å². The van der Waals surface area contributed by atoms with Crippen LogP contribution in [-0.2, 0) is 4.79 Å². The van der Waals surface area contributed by atoms with Gasteiger partial charge in [-0.3, -0.25) is 9.59 Å². The van der Waals surface area contributed by atoms with Crippen LogP contribution >= 0.6 is 12.4 Å². The minimum absolute atomic E-state index is 0. The lowest BCUT2D eigenvalue weighted by atomic mass is 9.99. The summed E-state index contributed by atoms with van der Waals surface area (Å²) >= 11 is 0. The normalized spacial score (nSPS) is 16.6. The number of carbonyl (C=O) groups excluding carboxylic acids is 2. The van der Waals surface area contributed by atoms with E-state index in [2.05, 4.69) is 12.2 Å². The predicted octanol–water partition coefficient (Wildman–Crippen LogP) is 4.14. The van der Waals surface area contributed by atoms with Crippen LogP contribution < -0.4 is 11.1 Å². The van der Waals surface area contributed by atoms with Crippen LogP contribution in [0.4, 0.5) is 5.69 Å². The lowest BCUT2D eigenvalue weighted by Crippen LogP contribution is -2.39. The fourth-order valence-electron chi connectivity index (χ4n) is 3.49. The minimum Gasteiger partial charge on any atom is -0.338 e. The number of likely N-dealkylation sites (tertiary alicyclic amines) is 1. The zero-order chi connectivity index (χ0) is 18.9. The van der Waals surface area contributed by atoms with Crippen molar-refractivity contribution in [2.75, 3.05) is 25.0 Å². The van der Waals surface area contributed by atoms with Gasteiger partial charge in [0.25, 0.3) is 5.91 Å². The molecule has 27 heavy (non-hydrogen) atoms. The van der Waals surface area contributed by atoms with Crippen molar-refractivity contribution in [1.29, 1.82) is 0 Å². The Bertz CT molecular complexity index is 621. The molecule has 1 aromatic carbocycles. The Morgan fingerprint density at radius 1 is 1.22 bits per heavy atom. The summed E-state index contributed by atoms with van der Waals surface area (Å²) in [7, 11) is 0. The van der Waals surface area contributed by atoms with Gasteiger partial charge in [-0.25, -0.2) is 0 Å². The first-order valence-electron chi connectivity index (χ1n) is 9.91. The van der Waals surface area contributed by atoms with E-state index in [1.807, 2.05) is 30.0 Å². The molecule has 0 saturated carbocycles. The number of halogens is 1. The fourth-order valence-corrected chi connectivity index (χ4v) is 3.49. The van der Waals surface area contributed by atoms with E-state index in [0.29, 0.717) is 24.4 Å². The summed E-state index contributed by atoms with van der Waals surface area (Å²) in [5.74, 6) is 0.694. The average Bonchev–Trinajstić information content (AvgIpc) is 2.62. The smallest absolute Gasteiger partial charge is 0.253 e. The number of hydrogen-bond donors (Lipinski definition) is 2. The van der Waals surface area contributed by atoms with Crippen molar-refractivity contribution in [2.45, 2.75) is 58.8 Å². The molecule has 152 valence electrons. The standard InChI is InChI=1S/C21H33N3O2.ClH/c1-16-8-7-13-24(15-16)21(26)18-10-11-19(17(2)14-18)23-20(25)9-5-3-4-6-12-22;/h10-11,14,16H,3-9,12-13,15,22H2,1-2H3,(H,23,25);1H. The first kappa shape index (κ1) is 23.4. The molecule has 3 N–H and O–H groups in total. The van der Waals surface area contributed by atoms with Crippen molar-refractivity contribution in [3.63, 3.8) is 0 Å². The summed E-state index contributed by atoms with van der Waals surface area (Å²) in [5, 5.41) is 2.97. The summed E-state index contributed by atoms with van der Waals surface area (Å²) in [6.07, 6.45) is 6.81. The van der Waals surface area contributed by atoms with E-state index in [9.17, 15) is 9.59 Å². The average molecular weight is 396 g/mol. The maximum absolute atomic E-state index is 12.7. The van der Waals surface area contributed by atoms with Crippen molar-refractivity contribution in [3.05, 3.63) is 29.3 Å². The quantitative estimate of drug-likeness (QED) is 0.649. The second-order valence-electron chi connectivity index (χ2n) is 7.53. The first-order chi connectivity index (χ1) is 12.5. The number of rotatable bonds is 8. The third-order valence-electron chi connectivity index (χ3n) is 5.05. The van der Waals surface area contributed by atoms with Gasteiger partial charge in [0.15, 0.2) is 0 Å². The molecule has 6 heteroatoms. The molecule has 0 aliphatic carbocycles. The van der Waals surface area contributed by atoms with Crippen molar-refractivity contribution < 1.29 is 9.59 Å². The van der Waals surface area contributed by atoms with Crippen LogP contribution in [0.5, 0.6) is 0 Å². The largest absolute Gasteiger partial charge is 0.338 e. The molecule has 5 nitrogen and oxygen atoms in total. The molecule has 1 heterocycles. The molecular formula is C21H34ClN3O2. The lowest BCUT2D eigenvalue weighted by molar-refractivity contribution is -0.116. The lowest BCUT2D eigenvalue weighted by Gasteiger charge is -2.31. The topological polar surface area (TPSA) is 75.4 Å². The van der Waals surface area contributed by atoms with E-state index >= 15 is 0 Å². The maximum atomic E-state index is 12.7. The van der Waals surface area contributed by atoms with Crippen LogP contribution in [0.1, 0.15) is 67.8 Å².